The molecule has 0 aromatic carbocycles. The van der Waals surface area contributed by atoms with Crippen molar-refractivity contribution in [3.8, 4) is 0 Å². The second kappa shape index (κ2) is 8.63. The summed E-state index contributed by atoms with van der Waals surface area (Å²) in [5.41, 5.74) is 0. The molecule has 1 aliphatic rings. The minimum Gasteiger partial charge on any atom is -0.469 e. The molecule has 0 N–H and O–H groups in total. The summed E-state index contributed by atoms with van der Waals surface area (Å²) in [7, 11) is -0.330. The van der Waals surface area contributed by atoms with Gasteiger partial charge in [-0.2, -0.15) is 0 Å². The molecule has 0 bridgehead atoms. The van der Waals surface area contributed by atoms with Crippen molar-refractivity contribution >= 4 is 14.3 Å². The molecule has 0 saturated carbocycles. The number of hydrogen-bond acceptors (Lipinski definition) is 4. The normalized spacial score (nSPS) is 24.3. The predicted octanol–water partition coefficient (Wildman–Crippen LogP) is 4.54. The molecular weight excluding hydrogens is 308 g/mol. The summed E-state index contributed by atoms with van der Waals surface area (Å²) >= 11 is 0. The molecule has 0 aromatic heterocycles. The van der Waals surface area contributed by atoms with Crippen molar-refractivity contribution < 1.29 is 18.7 Å². The molecule has 5 heteroatoms. The maximum absolute atomic E-state index is 11.4. The first kappa shape index (κ1) is 20.7. The zero-order valence-corrected chi connectivity index (χ0v) is 17.1. The van der Waals surface area contributed by atoms with Crippen molar-refractivity contribution in [2.45, 2.75) is 90.1 Å². The summed E-state index contributed by atoms with van der Waals surface area (Å²) in [5.74, 6) is 0.192. The van der Waals surface area contributed by atoms with E-state index in [2.05, 4.69) is 40.8 Å². The van der Waals surface area contributed by atoms with Crippen LogP contribution in [0.15, 0.2) is 0 Å². The van der Waals surface area contributed by atoms with Crippen molar-refractivity contribution in [1.82, 2.24) is 0 Å². The second-order valence-corrected chi connectivity index (χ2v) is 13.2. The first-order valence-electron chi connectivity index (χ1n) is 8.93. The Hall–Kier alpha value is -0.393. The highest BCUT2D eigenvalue weighted by Crippen LogP contribution is 2.39. The molecule has 0 aromatic rings. The van der Waals surface area contributed by atoms with E-state index in [0.29, 0.717) is 12.3 Å². The Morgan fingerprint density at radius 3 is 2.57 bits per heavy atom. The largest absolute Gasteiger partial charge is 0.469 e. The van der Waals surface area contributed by atoms with E-state index in [-0.39, 0.29) is 23.2 Å². The number of methoxy groups -OCH3 is 1. The minimum absolute atomic E-state index is 0.129. The monoisotopic (exact) mass is 344 g/mol. The van der Waals surface area contributed by atoms with Gasteiger partial charge in [0.1, 0.15) is 0 Å². The maximum Gasteiger partial charge on any atom is 0.305 e. The first-order valence-corrected chi connectivity index (χ1v) is 11.8. The van der Waals surface area contributed by atoms with Crippen molar-refractivity contribution in [3.63, 3.8) is 0 Å². The Morgan fingerprint density at radius 2 is 2.00 bits per heavy atom. The van der Waals surface area contributed by atoms with Crippen LogP contribution in [0.5, 0.6) is 0 Å². The van der Waals surface area contributed by atoms with Gasteiger partial charge in [-0.25, -0.2) is 0 Å². The molecule has 23 heavy (non-hydrogen) atoms. The molecule has 0 spiro atoms. The molecule has 0 aliphatic carbocycles. The average molecular weight is 345 g/mol. The molecule has 1 aliphatic heterocycles. The lowest BCUT2D eigenvalue weighted by Crippen LogP contribution is -2.49. The van der Waals surface area contributed by atoms with E-state index in [4.69, 9.17) is 13.9 Å². The van der Waals surface area contributed by atoms with Crippen LogP contribution in [0.3, 0.4) is 0 Å². The molecule has 1 rings (SSSR count). The van der Waals surface area contributed by atoms with Crippen LogP contribution in [-0.2, 0) is 18.7 Å². The minimum atomic E-state index is -1.78. The van der Waals surface area contributed by atoms with Crippen LogP contribution < -0.4 is 0 Å². The summed E-state index contributed by atoms with van der Waals surface area (Å²) in [6, 6.07) is 0. The Labute approximate surface area is 143 Å². The number of esters is 1. The summed E-state index contributed by atoms with van der Waals surface area (Å²) in [6.07, 6.45) is 4.94. The molecule has 0 amide bonds. The Balaban J connectivity index is 2.56. The number of hydrogen-bond donors (Lipinski definition) is 0. The molecule has 1 saturated heterocycles. The van der Waals surface area contributed by atoms with Crippen LogP contribution in [0.4, 0.5) is 0 Å². The van der Waals surface area contributed by atoms with Gasteiger partial charge in [0, 0.05) is 13.0 Å². The van der Waals surface area contributed by atoms with E-state index in [9.17, 15) is 4.79 Å². The fraction of sp³-hybridized carbons (Fsp3) is 0.944. The molecule has 4 nitrogen and oxygen atoms in total. The molecule has 0 radical (unpaired) electrons. The highest BCUT2D eigenvalue weighted by molar-refractivity contribution is 6.74. The Bertz CT molecular complexity index is 376. The third kappa shape index (κ3) is 6.55. The van der Waals surface area contributed by atoms with Gasteiger partial charge in [-0.3, -0.25) is 4.79 Å². The fourth-order valence-corrected chi connectivity index (χ4v) is 4.07. The molecular formula is C18H36O4Si. The first-order chi connectivity index (χ1) is 10.6. The van der Waals surface area contributed by atoms with E-state index in [1.807, 2.05) is 0 Å². The highest BCUT2D eigenvalue weighted by Gasteiger charge is 2.41. The lowest BCUT2D eigenvalue weighted by Gasteiger charge is -2.43. The number of carbonyl (C=O) groups excluding carboxylic acids is 1. The maximum atomic E-state index is 11.4. The predicted molar refractivity (Wildman–Crippen MR) is 96.1 cm³/mol. The highest BCUT2D eigenvalue weighted by atomic mass is 28.4. The standard InChI is InChI=1S/C18H36O4Si/c1-14(13-17(19)20-5)10-11-15-16(9-8-12-21-15)22-23(6,7)18(2,3)4/h14-16H,8-13H2,1-7H3/t14-,15-,16+/m1/s1. The van der Waals surface area contributed by atoms with Crippen LogP contribution >= 0.6 is 0 Å². The van der Waals surface area contributed by atoms with Crippen molar-refractivity contribution in [2.75, 3.05) is 13.7 Å². The van der Waals surface area contributed by atoms with Crippen LogP contribution in [0, 0.1) is 5.92 Å². The van der Waals surface area contributed by atoms with E-state index < -0.39 is 8.32 Å². The lowest BCUT2D eigenvalue weighted by molar-refractivity contribution is -0.141. The van der Waals surface area contributed by atoms with E-state index in [0.717, 1.165) is 32.3 Å². The topological polar surface area (TPSA) is 44.8 Å². The molecule has 136 valence electrons. The zero-order chi connectivity index (χ0) is 17.7. The Kier molecular flexibility index (Phi) is 7.75. The Morgan fingerprint density at radius 1 is 1.35 bits per heavy atom. The van der Waals surface area contributed by atoms with Gasteiger partial charge in [-0.05, 0) is 49.7 Å². The van der Waals surface area contributed by atoms with E-state index in [1.165, 1.54) is 7.11 Å². The zero-order valence-electron chi connectivity index (χ0n) is 16.1. The van der Waals surface area contributed by atoms with Gasteiger partial charge in [0.05, 0.1) is 19.3 Å². The summed E-state index contributed by atoms with van der Waals surface area (Å²) in [5, 5.41) is 0.215. The van der Waals surface area contributed by atoms with Crippen molar-refractivity contribution in [1.29, 1.82) is 0 Å². The van der Waals surface area contributed by atoms with Crippen LogP contribution in [0.25, 0.3) is 0 Å². The molecule has 1 fully saturated rings. The van der Waals surface area contributed by atoms with Crippen LogP contribution in [0.2, 0.25) is 18.1 Å². The molecule has 1 heterocycles. The van der Waals surface area contributed by atoms with Gasteiger partial charge in [0.25, 0.3) is 0 Å². The van der Waals surface area contributed by atoms with E-state index in [1.54, 1.807) is 0 Å². The van der Waals surface area contributed by atoms with Gasteiger partial charge in [0.2, 0.25) is 0 Å². The van der Waals surface area contributed by atoms with Gasteiger partial charge in [0.15, 0.2) is 8.32 Å². The second-order valence-electron chi connectivity index (χ2n) is 8.43. The van der Waals surface area contributed by atoms with Gasteiger partial charge >= 0.3 is 5.97 Å². The summed E-state index contributed by atoms with van der Waals surface area (Å²) < 4.78 is 17.4. The number of carbonyl (C=O) groups is 1. The number of ether oxygens (including phenoxy) is 2. The number of rotatable bonds is 7. The van der Waals surface area contributed by atoms with Gasteiger partial charge in [-0.15, -0.1) is 0 Å². The van der Waals surface area contributed by atoms with E-state index >= 15 is 0 Å². The third-order valence-electron chi connectivity index (χ3n) is 5.32. The van der Waals surface area contributed by atoms with Crippen molar-refractivity contribution in [3.05, 3.63) is 0 Å². The SMILES string of the molecule is COC(=O)C[C@H](C)CC[C@H]1OCCC[C@@H]1O[Si](C)(C)C(C)(C)C. The lowest BCUT2D eigenvalue weighted by atomic mass is 9.95. The summed E-state index contributed by atoms with van der Waals surface area (Å²) in [4.78, 5) is 11.4. The molecule has 0 unspecified atom stereocenters. The van der Waals surface area contributed by atoms with Crippen molar-refractivity contribution in [2.24, 2.45) is 5.92 Å². The quantitative estimate of drug-likeness (QED) is 0.502. The van der Waals surface area contributed by atoms with Crippen LogP contribution in [0.1, 0.15) is 59.8 Å². The van der Waals surface area contributed by atoms with Crippen LogP contribution in [-0.4, -0.2) is 40.2 Å². The van der Waals surface area contributed by atoms with Gasteiger partial charge in [-0.1, -0.05) is 27.7 Å². The third-order valence-corrected chi connectivity index (χ3v) is 9.82. The van der Waals surface area contributed by atoms with Gasteiger partial charge < -0.3 is 13.9 Å². The fourth-order valence-electron chi connectivity index (χ4n) is 2.69. The smallest absolute Gasteiger partial charge is 0.305 e. The summed E-state index contributed by atoms with van der Waals surface area (Å²) in [6.45, 7) is 14.4. The molecule has 3 atom stereocenters. The average Bonchev–Trinajstić information content (AvgIpc) is 2.44.